The molecule has 0 unspecified atom stereocenters. The van der Waals surface area contributed by atoms with Crippen LogP contribution in [0.25, 0.3) is 33.7 Å². The van der Waals surface area contributed by atoms with E-state index in [1.807, 2.05) is 17.8 Å². The average molecular weight is 421 g/mol. The molecule has 0 aliphatic rings. The topological polar surface area (TPSA) is 46.5 Å². The first kappa shape index (κ1) is 22.0. The molecule has 0 aliphatic heterocycles. The number of nitrogens with zero attached hydrogens (tertiary/aromatic N) is 3. The van der Waals surface area contributed by atoms with Gasteiger partial charge in [-0.2, -0.15) is 5.10 Å². The molecule has 0 radical (unpaired) electrons. The van der Waals surface area contributed by atoms with E-state index in [0.29, 0.717) is 27.5 Å². The Labute approximate surface area is 196 Å². The van der Waals surface area contributed by atoms with Crippen LogP contribution < -0.4 is 0 Å². The van der Waals surface area contributed by atoms with Crippen LogP contribution in [0.2, 0.25) is 5.02 Å². The Bertz CT molecular complexity index is 1200. The van der Waals surface area contributed by atoms with Gasteiger partial charge < -0.3 is 4.98 Å². The molecule has 7 heteroatoms. The average Bonchev–Trinajstić information content (AvgIpc) is 3.15. The summed E-state index contributed by atoms with van der Waals surface area (Å²) in [5.74, 6) is 0.413. The van der Waals surface area contributed by atoms with Crippen molar-refractivity contribution >= 4 is 52.2 Å². The molecule has 1 N–H and O–H groups in total. The number of hydrogen-bond donors (Lipinski definition) is 1. The Hall–Kier alpha value is -1.66. The van der Waals surface area contributed by atoms with Gasteiger partial charge in [-0.15, -0.1) is 0 Å². The number of halogens is 2. The predicted octanol–water partition coefficient (Wildman–Crippen LogP) is 5.38. The van der Waals surface area contributed by atoms with Gasteiger partial charge in [0.15, 0.2) is 5.82 Å². The summed E-state index contributed by atoms with van der Waals surface area (Å²) < 4.78 is 16.1. The van der Waals surface area contributed by atoms with Gasteiger partial charge in [0.25, 0.3) is 0 Å². The predicted molar refractivity (Wildman–Crippen MR) is 119 cm³/mol. The van der Waals surface area contributed by atoms with Crippen LogP contribution in [0.3, 0.4) is 0 Å². The zero-order chi connectivity index (χ0) is 20.2. The molecule has 0 saturated carbocycles. The van der Waals surface area contributed by atoms with Gasteiger partial charge in [-0.1, -0.05) is 50.6 Å². The van der Waals surface area contributed by atoms with E-state index in [9.17, 15) is 4.39 Å². The maximum absolute atomic E-state index is 14.2. The van der Waals surface area contributed by atoms with Crippen molar-refractivity contribution in [2.24, 2.45) is 7.05 Å². The van der Waals surface area contributed by atoms with Gasteiger partial charge in [-0.3, -0.25) is 4.68 Å². The molecular weight excluding hydrogens is 398 g/mol. The van der Waals surface area contributed by atoms with E-state index >= 15 is 0 Å². The Morgan fingerprint density at radius 3 is 2.45 bits per heavy atom. The number of imidazole rings is 1. The van der Waals surface area contributed by atoms with Crippen molar-refractivity contribution in [3.63, 3.8) is 0 Å². The molecule has 4 aromatic rings. The Morgan fingerprint density at radius 1 is 1.14 bits per heavy atom. The van der Waals surface area contributed by atoms with Crippen LogP contribution in [0.5, 0.6) is 0 Å². The van der Waals surface area contributed by atoms with E-state index in [0.717, 1.165) is 22.5 Å². The maximum atomic E-state index is 14.2. The van der Waals surface area contributed by atoms with Gasteiger partial charge >= 0.3 is 29.6 Å². The minimum atomic E-state index is -0.286. The molecule has 2 heterocycles. The molecule has 0 bridgehead atoms. The van der Waals surface area contributed by atoms with Crippen molar-refractivity contribution in [2.45, 2.75) is 33.1 Å². The number of aromatic amines is 1. The van der Waals surface area contributed by atoms with E-state index < -0.39 is 0 Å². The molecule has 0 aliphatic carbocycles. The first-order chi connectivity index (χ1) is 13.2. The van der Waals surface area contributed by atoms with Crippen molar-refractivity contribution in [1.29, 1.82) is 0 Å². The molecule has 2 aromatic carbocycles. The Balaban J connectivity index is 0.00000240. The van der Waals surface area contributed by atoms with E-state index in [2.05, 4.69) is 32.7 Å². The second-order valence-electron chi connectivity index (χ2n) is 8.11. The number of H-pyrrole nitrogens is 1. The van der Waals surface area contributed by atoms with Gasteiger partial charge in [-0.25, -0.2) is 9.37 Å². The number of nitrogens with one attached hydrogen (secondary N) is 1. The number of aryl methyl sites for hydroxylation is 1. The van der Waals surface area contributed by atoms with Gasteiger partial charge in [0.1, 0.15) is 11.5 Å². The third-order valence-electron chi connectivity index (χ3n) is 4.95. The molecule has 4 nitrogen and oxygen atoms in total. The van der Waals surface area contributed by atoms with E-state index in [1.54, 1.807) is 24.3 Å². The van der Waals surface area contributed by atoms with Crippen LogP contribution in [0.4, 0.5) is 4.39 Å². The molecule has 29 heavy (non-hydrogen) atoms. The number of benzene rings is 2. The summed E-state index contributed by atoms with van der Waals surface area (Å²) in [5.41, 5.74) is 5.59. The Morgan fingerprint density at radius 2 is 1.83 bits per heavy atom. The van der Waals surface area contributed by atoms with Crippen LogP contribution in [0, 0.1) is 12.7 Å². The van der Waals surface area contributed by atoms with Crippen molar-refractivity contribution in [3.8, 4) is 22.6 Å². The van der Waals surface area contributed by atoms with Crippen molar-refractivity contribution in [2.75, 3.05) is 0 Å². The fourth-order valence-electron chi connectivity index (χ4n) is 3.71. The molecule has 4 rings (SSSR count). The minimum absolute atomic E-state index is 0. The number of aromatic nitrogens is 4. The van der Waals surface area contributed by atoms with Crippen LogP contribution in [-0.4, -0.2) is 49.3 Å². The summed E-state index contributed by atoms with van der Waals surface area (Å²) in [7, 11) is 1.91. The van der Waals surface area contributed by atoms with Crippen LogP contribution >= 0.6 is 11.6 Å². The van der Waals surface area contributed by atoms with Crippen molar-refractivity contribution < 1.29 is 4.39 Å². The first-order valence-corrected chi connectivity index (χ1v) is 9.53. The van der Waals surface area contributed by atoms with Crippen LogP contribution in [0.15, 0.2) is 36.4 Å². The van der Waals surface area contributed by atoms with E-state index in [1.165, 1.54) is 6.07 Å². The molecule has 2 aromatic heterocycles. The third kappa shape index (κ3) is 3.89. The molecule has 0 saturated heterocycles. The number of rotatable bonds is 2. The SMILES string of the molecule is Cc1c(C(C)(C)C)nn(C)c1-c1nc2cc(-c3ccccc3F)cc(Cl)c2[nH]1.[NaH]. The fourth-order valence-corrected chi connectivity index (χ4v) is 3.97. The summed E-state index contributed by atoms with van der Waals surface area (Å²) in [6.07, 6.45) is 0. The quantitative estimate of drug-likeness (QED) is 0.442. The molecular formula is C22H23ClFN4Na. The zero-order valence-corrected chi connectivity index (χ0v) is 17.3. The fraction of sp³-hybridized carbons (Fsp3) is 0.273. The number of hydrogen-bond acceptors (Lipinski definition) is 2. The second-order valence-corrected chi connectivity index (χ2v) is 8.52. The third-order valence-corrected chi connectivity index (χ3v) is 5.25. The summed E-state index contributed by atoms with van der Waals surface area (Å²) in [4.78, 5) is 8.08. The summed E-state index contributed by atoms with van der Waals surface area (Å²) in [5, 5.41) is 5.21. The Kier molecular flexibility index (Phi) is 5.98. The van der Waals surface area contributed by atoms with Crippen molar-refractivity contribution in [1.82, 2.24) is 19.7 Å². The summed E-state index contributed by atoms with van der Waals surface area (Å²) in [6, 6.07) is 10.3. The van der Waals surface area contributed by atoms with Gasteiger partial charge in [0.2, 0.25) is 0 Å². The second kappa shape index (κ2) is 7.88. The van der Waals surface area contributed by atoms with Crippen LogP contribution in [-0.2, 0) is 12.5 Å². The van der Waals surface area contributed by atoms with E-state index in [-0.39, 0.29) is 40.8 Å². The molecule has 0 spiro atoms. The number of fused-ring (bicyclic) bond motifs is 1. The molecule has 0 atom stereocenters. The molecule has 146 valence electrons. The van der Waals surface area contributed by atoms with Crippen LogP contribution in [0.1, 0.15) is 32.0 Å². The zero-order valence-electron chi connectivity index (χ0n) is 16.6. The van der Waals surface area contributed by atoms with Gasteiger partial charge in [0, 0.05) is 23.6 Å². The summed E-state index contributed by atoms with van der Waals surface area (Å²) in [6.45, 7) is 8.48. The van der Waals surface area contributed by atoms with Gasteiger partial charge in [-0.05, 0) is 30.7 Å². The van der Waals surface area contributed by atoms with Crippen molar-refractivity contribution in [3.05, 3.63) is 58.5 Å². The van der Waals surface area contributed by atoms with Gasteiger partial charge in [0.05, 0.1) is 21.7 Å². The molecule has 0 fully saturated rings. The monoisotopic (exact) mass is 420 g/mol. The molecule has 0 amide bonds. The normalized spacial score (nSPS) is 11.7. The first-order valence-electron chi connectivity index (χ1n) is 9.15. The van der Waals surface area contributed by atoms with E-state index in [4.69, 9.17) is 21.7 Å². The standard InChI is InChI=1S/C22H22ClFN4.Na.H/c1-12-19(28(5)27-20(12)22(2,3)4)21-25-17-11-13(10-15(23)18(17)26-21)14-8-6-7-9-16(14)24;;/h6-11H,1-5H3,(H,25,26);;. The summed E-state index contributed by atoms with van der Waals surface area (Å²) >= 11 is 6.51.